The number of hydrogen-bond acceptors (Lipinski definition) is 4. The summed E-state index contributed by atoms with van der Waals surface area (Å²) in [5.74, 6) is 1.59. The molecule has 140 valence electrons. The van der Waals surface area contributed by atoms with Gasteiger partial charge in [-0.1, -0.05) is 13.8 Å². The van der Waals surface area contributed by atoms with Crippen molar-refractivity contribution in [1.29, 1.82) is 0 Å². The zero-order valence-corrected chi connectivity index (χ0v) is 16.1. The SMILES string of the molecule is COc1ccc(OCC(=O)NN=Cc2cc(C)n(CC(C)C)c2C)cc1. The van der Waals surface area contributed by atoms with Crippen LogP contribution < -0.4 is 14.9 Å². The first kappa shape index (κ1) is 19.6. The molecule has 0 bridgehead atoms. The summed E-state index contributed by atoms with van der Waals surface area (Å²) in [5, 5.41) is 4.04. The highest BCUT2D eigenvalue weighted by Gasteiger charge is 2.09. The minimum atomic E-state index is -0.312. The molecule has 0 spiro atoms. The number of nitrogens with zero attached hydrogens (tertiary/aromatic N) is 2. The number of benzene rings is 1. The third-order valence-corrected chi connectivity index (χ3v) is 3.98. The largest absolute Gasteiger partial charge is 0.497 e. The molecule has 0 saturated heterocycles. The molecule has 1 N–H and O–H groups in total. The van der Waals surface area contributed by atoms with Crippen molar-refractivity contribution in [3.63, 3.8) is 0 Å². The van der Waals surface area contributed by atoms with Crippen LogP contribution in [0.3, 0.4) is 0 Å². The molecule has 1 amide bonds. The van der Waals surface area contributed by atoms with E-state index in [4.69, 9.17) is 9.47 Å². The van der Waals surface area contributed by atoms with Gasteiger partial charge in [-0.15, -0.1) is 0 Å². The topological polar surface area (TPSA) is 64.8 Å². The fourth-order valence-electron chi connectivity index (χ4n) is 2.63. The van der Waals surface area contributed by atoms with Gasteiger partial charge in [0.15, 0.2) is 6.61 Å². The van der Waals surface area contributed by atoms with E-state index in [1.54, 1.807) is 37.6 Å². The minimum Gasteiger partial charge on any atom is -0.497 e. The van der Waals surface area contributed by atoms with Gasteiger partial charge in [0, 0.05) is 23.5 Å². The Hall–Kier alpha value is -2.76. The second-order valence-electron chi connectivity index (χ2n) is 6.59. The van der Waals surface area contributed by atoms with Gasteiger partial charge in [0.2, 0.25) is 0 Å². The first-order valence-corrected chi connectivity index (χ1v) is 8.66. The van der Waals surface area contributed by atoms with Crippen molar-refractivity contribution in [2.75, 3.05) is 13.7 Å². The van der Waals surface area contributed by atoms with E-state index in [9.17, 15) is 4.79 Å². The van der Waals surface area contributed by atoms with Gasteiger partial charge in [0.25, 0.3) is 5.91 Å². The lowest BCUT2D eigenvalue weighted by atomic mass is 10.2. The number of hydrogen-bond donors (Lipinski definition) is 1. The fourth-order valence-corrected chi connectivity index (χ4v) is 2.63. The molecule has 0 atom stereocenters. The molecule has 6 nitrogen and oxygen atoms in total. The van der Waals surface area contributed by atoms with Gasteiger partial charge in [0.05, 0.1) is 13.3 Å². The van der Waals surface area contributed by atoms with E-state index >= 15 is 0 Å². The van der Waals surface area contributed by atoms with Crippen LogP contribution in [-0.2, 0) is 11.3 Å². The number of hydrazone groups is 1. The van der Waals surface area contributed by atoms with Crippen molar-refractivity contribution in [1.82, 2.24) is 9.99 Å². The molecule has 0 radical (unpaired) electrons. The van der Waals surface area contributed by atoms with Crippen LogP contribution in [0, 0.1) is 19.8 Å². The Labute approximate surface area is 154 Å². The third-order valence-electron chi connectivity index (χ3n) is 3.98. The third kappa shape index (κ3) is 5.37. The van der Waals surface area contributed by atoms with E-state index in [2.05, 4.69) is 48.9 Å². The number of carbonyl (C=O) groups is 1. The number of amides is 1. The molecule has 0 unspecified atom stereocenters. The summed E-state index contributed by atoms with van der Waals surface area (Å²) >= 11 is 0. The van der Waals surface area contributed by atoms with Crippen molar-refractivity contribution in [2.24, 2.45) is 11.0 Å². The number of methoxy groups -OCH3 is 1. The number of nitrogens with one attached hydrogen (secondary N) is 1. The predicted molar refractivity (Wildman–Crippen MR) is 103 cm³/mol. The standard InChI is InChI=1S/C20H27N3O3/c1-14(2)12-23-15(3)10-17(16(23)4)11-21-22-20(24)13-26-19-8-6-18(25-5)7-9-19/h6-11,14H,12-13H2,1-5H3,(H,22,24). The summed E-state index contributed by atoms with van der Waals surface area (Å²) in [4.78, 5) is 11.9. The molecule has 6 heteroatoms. The van der Waals surface area contributed by atoms with Crippen LogP contribution in [0.1, 0.15) is 30.8 Å². The van der Waals surface area contributed by atoms with Crippen LogP contribution in [0.5, 0.6) is 11.5 Å². The van der Waals surface area contributed by atoms with Crippen LogP contribution in [0.2, 0.25) is 0 Å². The smallest absolute Gasteiger partial charge is 0.277 e. The van der Waals surface area contributed by atoms with Crippen LogP contribution in [0.15, 0.2) is 35.4 Å². The highest BCUT2D eigenvalue weighted by atomic mass is 16.5. The molecule has 0 saturated carbocycles. The van der Waals surface area contributed by atoms with Gasteiger partial charge in [-0.05, 0) is 50.1 Å². The fraction of sp³-hybridized carbons (Fsp3) is 0.400. The zero-order chi connectivity index (χ0) is 19.1. The molecule has 2 aromatic rings. The maximum Gasteiger partial charge on any atom is 0.277 e. The first-order chi connectivity index (χ1) is 12.4. The quantitative estimate of drug-likeness (QED) is 0.582. The maximum absolute atomic E-state index is 11.9. The Kier molecular flexibility index (Phi) is 6.83. The lowest BCUT2D eigenvalue weighted by molar-refractivity contribution is -0.123. The van der Waals surface area contributed by atoms with E-state index in [0.29, 0.717) is 11.7 Å². The molecule has 0 aliphatic carbocycles. The number of aryl methyl sites for hydroxylation is 1. The van der Waals surface area contributed by atoms with Gasteiger partial charge in [-0.2, -0.15) is 5.10 Å². The van der Waals surface area contributed by atoms with E-state index in [1.165, 1.54) is 5.69 Å². The normalized spacial score (nSPS) is 11.2. The van der Waals surface area contributed by atoms with E-state index in [0.717, 1.165) is 23.6 Å². The summed E-state index contributed by atoms with van der Waals surface area (Å²) in [7, 11) is 1.60. The Morgan fingerprint density at radius 3 is 2.50 bits per heavy atom. The second-order valence-corrected chi connectivity index (χ2v) is 6.59. The number of rotatable bonds is 8. The van der Waals surface area contributed by atoms with E-state index in [1.807, 2.05) is 0 Å². The molecule has 2 rings (SSSR count). The van der Waals surface area contributed by atoms with Crippen molar-refractivity contribution in [3.05, 3.63) is 47.3 Å². The summed E-state index contributed by atoms with van der Waals surface area (Å²) in [5.41, 5.74) is 5.82. The minimum absolute atomic E-state index is 0.101. The number of ether oxygens (including phenoxy) is 2. The van der Waals surface area contributed by atoms with Crippen LogP contribution >= 0.6 is 0 Å². The lowest BCUT2D eigenvalue weighted by Gasteiger charge is -2.11. The van der Waals surface area contributed by atoms with Crippen LogP contribution in [-0.4, -0.2) is 30.4 Å². The summed E-state index contributed by atoms with van der Waals surface area (Å²) < 4.78 is 12.8. The Morgan fingerprint density at radius 1 is 1.23 bits per heavy atom. The highest BCUT2D eigenvalue weighted by molar-refractivity contribution is 5.84. The Bertz CT molecular complexity index is 761. The van der Waals surface area contributed by atoms with Crippen molar-refractivity contribution < 1.29 is 14.3 Å². The molecule has 1 aromatic carbocycles. The number of carbonyl (C=O) groups excluding carboxylic acids is 1. The van der Waals surface area contributed by atoms with Gasteiger partial charge < -0.3 is 14.0 Å². The molecule has 1 heterocycles. The van der Waals surface area contributed by atoms with Crippen molar-refractivity contribution >= 4 is 12.1 Å². The van der Waals surface area contributed by atoms with Gasteiger partial charge in [-0.25, -0.2) is 5.43 Å². The predicted octanol–water partition coefficient (Wildman–Crippen LogP) is 3.30. The molecule has 0 aliphatic heterocycles. The van der Waals surface area contributed by atoms with Crippen molar-refractivity contribution in [2.45, 2.75) is 34.2 Å². The summed E-state index contributed by atoms with van der Waals surface area (Å²) in [6, 6.07) is 9.12. The van der Waals surface area contributed by atoms with Gasteiger partial charge in [-0.3, -0.25) is 4.79 Å². The average molecular weight is 357 g/mol. The molecular formula is C20H27N3O3. The second kappa shape index (κ2) is 9.08. The highest BCUT2D eigenvalue weighted by Crippen LogP contribution is 2.17. The monoisotopic (exact) mass is 357 g/mol. The van der Waals surface area contributed by atoms with Crippen molar-refractivity contribution in [3.8, 4) is 11.5 Å². The zero-order valence-electron chi connectivity index (χ0n) is 16.1. The van der Waals surface area contributed by atoms with E-state index in [-0.39, 0.29) is 12.5 Å². The van der Waals surface area contributed by atoms with Crippen LogP contribution in [0.25, 0.3) is 0 Å². The molecule has 26 heavy (non-hydrogen) atoms. The summed E-state index contributed by atoms with van der Waals surface area (Å²) in [6.45, 7) is 9.38. The molecule has 0 fully saturated rings. The molecule has 0 aliphatic rings. The van der Waals surface area contributed by atoms with E-state index < -0.39 is 0 Å². The maximum atomic E-state index is 11.9. The lowest BCUT2D eigenvalue weighted by Crippen LogP contribution is -2.24. The molecule has 1 aromatic heterocycles. The Balaban J connectivity index is 1.86. The average Bonchev–Trinajstić information content (AvgIpc) is 2.87. The van der Waals surface area contributed by atoms with Gasteiger partial charge in [0.1, 0.15) is 11.5 Å². The van der Waals surface area contributed by atoms with Crippen LogP contribution in [0.4, 0.5) is 0 Å². The van der Waals surface area contributed by atoms with Gasteiger partial charge >= 0.3 is 0 Å². The number of aromatic nitrogens is 1. The summed E-state index contributed by atoms with van der Waals surface area (Å²) in [6.07, 6.45) is 1.67. The first-order valence-electron chi connectivity index (χ1n) is 8.66. The molecular weight excluding hydrogens is 330 g/mol. The Morgan fingerprint density at radius 2 is 1.88 bits per heavy atom.